The normalized spacial score (nSPS) is 19.7. The number of aromatic nitrogens is 1. The van der Waals surface area contributed by atoms with Gasteiger partial charge in [-0.3, -0.25) is 14.6 Å². The summed E-state index contributed by atoms with van der Waals surface area (Å²) in [5.74, 6) is 0.653. The molecule has 6 nitrogen and oxygen atoms in total. The molecule has 1 N–H and O–H groups in total. The first-order valence-corrected chi connectivity index (χ1v) is 10.8. The summed E-state index contributed by atoms with van der Waals surface area (Å²) in [7, 11) is 0. The molecule has 154 valence electrons. The van der Waals surface area contributed by atoms with Gasteiger partial charge in [-0.2, -0.15) is 5.26 Å². The molecular formula is C23H31N5O. The third-order valence-electron chi connectivity index (χ3n) is 6.61. The molecule has 0 bridgehead atoms. The fourth-order valence-corrected chi connectivity index (χ4v) is 4.75. The molecule has 0 spiro atoms. The van der Waals surface area contributed by atoms with E-state index in [1.807, 2.05) is 17.0 Å². The molecule has 0 saturated carbocycles. The van der Waals surface area contributed by atoms with E-state index >= 15 is 0 Å². The van der Waals surface area contributed by atoms with Crippen molar-refractivity contribution in [2.24, 2.45) is 0 Å². The molecule has 0 aliphatic carbocycles. The number of carbonyl (C=O) groups is 1. The molecule has 1 aromatic carbocycles. The highest BCUT2D eigenvalue weighted by Crippen LogP contribution is 2.33. The molecule has 0 radical (unpaired) electrons. The summed E-state index contributed by atoms with van der Waals surface area (Å²) in [5.41, 5.74) is 3.17. The molecule has 0 unspecified atom stereocenters. The highest BCUT2D eigenvalue weighted by molar-refractivity contribution is 5.98. The number of H-pyrrole nitrogens is 1. The Morgan fingerprint density at radius 3 is 2.55 bits per heavy atom. The maximum Gasteiger partial charge on any atom is 0.254 e. The fourth-order valence-electron chi connectivity index (χ4n) is 4.75. The zero-order valence-corrected chi connectivity index (χ0v) is 17.5. The van der Waals surface area contributed by atoms with E-state index in [2.05, 4.69) is 47.0 Å². The second kappa shape index (κ2) is 8.56. The zero-order valence-electron chi connectivity index (χ0n) is 17.5. The van der Waals surface area contributed by atoms with Crippen LogP contribution >= 0.6 is 0 Å². The number of piperidine rings is 1. The van der Waals surface area contributed by atoms with Gasteiger partial charge in [0.25, 0.3) is 5.91 Å². The van der Waals surface area contributed by atoms with Crippen LogP contribution in [0.5, 0.6) is 0 Å². The van der Waals surface area contributed by atoms with Crippen molar-refractivity contribution in [2.45, 2.75) is 38.6 Å². The van der Waals surface area contributed by atoms with E-state index in [-0.39, 0.29) is 5.91 Å². The van der Waals surface area contributed by atoms with E-state index in [1.165, 1.54) is 10.9 Å². The zero-order chi connectivity index (χ0) is 20.4. The summed E-state index contributed by atoms with van der Waals surface area (Å²) >= 11 is 0. The van der Waals surface area contributed by atoms with Crippen molar-refractivity contribution in [3.8, 4) is 6.07 Å². The van der Waals surface area contributed by atoms with Crippen LogP contribution in [0.4, 0.5) is 0 Å². The van der Waals surface area contributed by atoms with Crippen LogP contribution < -0.4 is 0 Å². The standard InChI is InChI=1S/C23H31N5O/c1-17(2)27-11-13-28(14-12-27)23(29)19-3-4-20-21(16-25-22(20)15-19)18-5-8-26(9-6-18)10-7-24/h3-4,15-18,25H,5-6,8-14H2,1-2H3. The van der Waals surface area contributed by atoms with Crippen LogP contribution in [0.25, 0.3) is 10.9 Å². The first-order chi connectivity index (χ1) is 14.1. The monoisotopic (exact) mass is 393 g/mol. The lowest BCUT2D eigenvalue weighted by Gasteiger charge is -2.37. The Labute approximate surface area is 173 Å². The number of piperazine rings is 1. The van der Waals surface area contributed by atoms with Gasteiger partial charge in [0.2, 0.25) is 0 Å². The number of nitrogens with one attached hydrogen (secondary N) is 1. The quantitative estimate of drug-likeness (QED) is 0.811. The molecule has 0 atom stereocenters. The highest BCUT2D eigenvalue weighted by atomic mass is 16.2. The fraction of sp³-hybridized carbons (Fsp3) is 0.565. The van der Waals surface area contributed by atoms with Crippen molar-refractivity contribution in [1.29, 1.82) is 5.26 Å². The van der Waals surface area contributed by atoms with Crippen molar-refractivity contribution in [2.75, 3.05) is 45.8 Å². The lowest BCUT2D eigenvalue weighted by atomic mass is 9.89. The Hall–Kier alpha value is -2.36. The Morgan fingerprint density at radius 1 is 1.17 bits per heavy atom. The van der Waals surface area contributed by atoms with Crippen molar-refractivity contribution in [3.05, 3.63) is 35.5 Å². The Morgan fingerprint density at radius 2 is 1.90 bits per heavy atom. The maximum atomic E-state index is 13.0. The number of aromatic amines is 1. The molecule has 2 saturated heterocycles. The second-order valence-corrected chi connectivity index (χ2v) is 8.63. The summed E-state index contributed by atoms with van der Waals surface area (Å²) in [6.07, 6.45) is 4.27. The summed E-state index contributed by atoms with van der Waals surface area (Å²) in [4.78, 5) is 23.0. The molecule has 6 heteroatoms. The number of hydrogen-bond donors (Lipinski definition) is 1. The molecular weight excluding hydrogens is 362 g/mol. The van der Waals surface area contributed by atoms with Crippen LogP contribution in [-0.4, -0.2) is 77.4 Å². The number of rotatable bonds is 4. The van der Waals surface area contributed by atoms with Crippen molar-refractivity contribution in [3.63, 3.8) is 0 Å². The van der Waals surface area contributed by atoms with Crippen LogP contribution in [0, 0.1) is 11.3 Å². The average molecular weight is 394 g/mol. The van der Waals surface area contributed by atoms with E-state index in [4.69, 9.17) is 5.26 Å². The third kappa shape index (κ3) is 4.17. The molecule has 1 amide bonds. The summed E-state index contributed by atoms with van der Waals surface area (Å²) in [5, 5.41) is 10.1. The van der Waals surface area contributed by atoms with E-state index in [0.29, 0.717) is 18.5 Å². The number of carbonyl (C=O) groups excluding carboxylic acids is 1. The molecule has 2 aromatic rings. The van der Waals surface area contributed by atoms with Gasteiger partial charge >= 0.3 is 0 Å². The average Bonchev–Trinajstić information content (AvgIpc) is 3.17. The number of benzene rings is 1. The smallest absolute Gasteiger partial charge is 0.254 e. The van der Waals surface area contributed by atoms with Gasteiger partial charge in [0, 0.05) is 54.9 Å². The van der Waals surface area contributed by atoms with Gasteiger partial charge in [0.05, 0.1) is 12.6 Å². The Kier molecular flexibility index (Phi) is 5.89. The first-order valence-electron chi connectivity index (χ1n) is 10.8. The lowest BCUT2D eigenvalue weighted by Crippen LogP contribution is -2.50. The van der Waals surface area contributed by atoms with Gasteiger partial charge in [-0.1, -0.05) is 6.07 Å². The van der Waals surface area contributed by atoms with Gasteiger partial charge in [-0.15, -0.1) is 0 Å². The minimum Gasteiger partial charge on any atom is -0.361 e. The minimum atomic E-state index is 0.135. The molecule has 2 fully saturated rings. The van der Waals surface area contributed by atoms with Gasteiger partial charge in [0.15, 0.2) is 0 Å². The van der Waals surface area contributed by atoms with Crippen molar-refractivity contribution >= 4 is 16.8 Å². The van der Waals surface area contributed by atoms with Crippen LogP contribution in [0.15, 0.2) is 24.4 Å². The predicted octanol–water partition coefficient (Wildman–Crippen LogP) is 3.04. The summed E-state index contributed by atoms with van der Waals surface area (Å²) < 4.78 is 0. The van der Waals surface area contributed by atoms with Gasteiger partial charge in [-0.25, -0.2) is 0 Å². The lowest BCUT2D eigenvalue weighted by molar-refractivity contribution is 0.0595. The summed E-state index contributed by atoms with van der Waals surface area (Å²) in [6, 6.07) is 8.90. The highest BCUT2D eigenvalue weighted by Gasteiger charge is 2.25. The van der Waals surface area contributed by atoms with Crippen LogP contribution in [0.2, 0.25) is 0 Å². The van der Waals surface area contributed by atoms with E-state index < -0.39 is 0 Å². The molecule has 3 heterocycles. The predicted molar refractivity (Wildman–Crippen MR) is 115 cm³/mol. The molecule has 2 aliphatic heterocycles. The third-order valence-corrected chi connectivity index (χ3v) is 6.61. The second-order valence-electron chi connectivity index (χ2n) is 8.63. The van der Waals surface area contributed by atoms with E-state index in [0.717, 1.165) is 63.2 Å². The van der Waals surface area contributed by atoms with E-state index in [9.17, 15) is 4.79 Å². The summed E-state index contributed by atoms with van der Waals surface area (Å²) in [6.45, 7) is 10.4. The topological polar surface area (TPSA) is 66.4 Å². The molecule has 4 rings (SSSR count). The molecule has 2 aliphatic rings. The first kappa shape index (κ1) is 19.9. The molecule has 1 aromatic heterocycles. The minimum absolute atomic E-state index is 0.135. The number of likely N-dealkylation sites (tertiary alicyclic amines) is 1. The van der Waals surface area contributed by atoms with Gasteiger partial charge < -0.3 is 9.88 Å². The van der Waals surface area contributed by atoms with Gasteiger partial charge in [0.1, 0.15) is 0 Å². The van der Waals surface area contributed by atoms with Gasteiger partial charge in [-0.05, 0) is 63.4 Å². The SMILES string of the molecule is CC(C)N1CCN(C(=O)c2ccc3c(C4CCN(CC#N)CC4)c[nH]c3c2)CC1. The maximum absolute atomic E-state index is 13.0. The number of nitriles is 1. The number of fused-ring (bicyclic) bond motifs is 1. The van der Waals surface area contributed by atoms with Crippen molar-refractivity contribution < 1.29 is 4.79 Å². The largest absolute Gasteiger partial charge is 0.361 e. The van der Waals surface area contributed by atoms with Crippen LogP contribution in [0.1, 0.15) is 48.5 Å². The number of nitrogens with zero attached hydrogens (tertiary/aromatic N) is 4. The van der Waals surface area contributed by atoms with Crippen LogP contribution in [-0.2, 0) is 0 Å². The number of amides is 1. The van der Waals surface area contributed by atoms with Crippen LogP contribution in [0.3, 0.4) is 0 Å². The Bertz CT molecular complexity index is 896. The molecule has 29 heavy (non-hydrogen) atoms. The Balaban J connectivity index is 1.45. The van der Waals surface area contributed by atoms with Crippen molar-refractivity contribution in [1.82, 2.24) is 19.7 Å². The van der Waals surface area contributed by atoms with E-state index in [1.54, 1.807) is 0 Å². The number of hydrogen-bond acceptors (Lipinski definition) is 4.